The van der Waals surface area contributed by atoms with Gasteiger partial charge in [0.1, 0.15) is 21.9 Å². The summed E-state index contributed by atoms with van der Waals surface area (Å²) in [5.41, 5.74) is -0.517. The number of imidazole rings is 1. The Morgan fingerprint density at radius 1 is 1.10 bits per heavy atom. The molecular formula is C18H12F2N6O3S. The maximum atomic E-state index is 14.8. The van der Waals surface area contributed by atoms with Crippen LogP contribution in [0, 0.1) is 11.6 Å². The highest BCUT2D eigenvalue weighted by Crippen LogP contribution is 2.28. The van der Waals surface area contributed by atoms with Gasteiger partial charge in [-0.25, -0.2) is 27.2 Å². The first-order valence-electron chi connectivity index (χ1n) is 8.36. The zero-order valence-electron chi connectivity index (χ0n) is 14.9. The van der Waals surface area contributed by atoms with E-state index >= 15 is 0 Å². The fraction of sp³-hybridized carbons (Fsp3) is 0. The van der Waals surface area contributed by atoms with Crippen molar-refractivity contribution in [2.75, 3.05) is 10.0 Å². The summed E-state index contributed by atoms with van der Waals surface area (Å²) in [6, 6.07) is 5.78. The summed E-state index contributed by atoms with van der Waals surface area (Å²) in [6.45, 7) is 0. The minimum atomic E-state index is -4.17. The lowest BCUT2D eigenvalue weighted by atomic mass is 10.2. The largest absolute Gasteiger partial charge is 0.329 e. The molecular weight excluding hydrogens is 418 g/mol. The van der Waals surface area contributed by atoms with E-state index in [-0.39, 0.29) is 10.5 Å². The van der Waals surface area contributed by atoms with E-state index in [1.165, 1.54) is 36.9 Å². The molecule has 152 valence electrons. The minimum absolute atomic E-state index is 0.00902. The molecule has 0 saturated heterocycles. The monoisotopic (exact) mass is 430 g/mol. The van der Waals surface area contributed by atoms with Crippen molar-refractivity contribution >= 4 is 38.5 Å². The summed E-state index contributed by atoms with van der Waals surface area (Å²) in [5, 5.41) is 2.10. The van der Waals surface area contributed by atoms with Gasteiger partial charge in [-0.15, -0.1) is 0 Å². The standard InChI is InChI=1S/C18H12F2N6O3S/c19-12-3-4-13(26-30(28,29)11-2-1-5-21-8-11)15(20)16(12)25-18(27)10-6-14-17(22-7-10)24-9-23-14/h1-9,26H,(H,25,27)(H,22,23,24). The number of nitrogens with one attached hydrogen (secondary N) is 3. The number of amides is 1. The number of pyridine rings is 2. The Bertz CT molecular complexity index is 1360. The second-order valence-electron chi connectivity index (χ2n) is 6.03. The second-order valence-corrected chi connectivity index (χ2v) is 7.71. The summed E-state index contributed by atoms with van der Waals surface area (Å²) in [4.78, 5) is 26.6. The molecule has 0 atom stereocenters. The number of benzene rings is 1. The predicted molar refractivity (Wildman–Crippen MR) is 103 cm³/mol. The van der Waals surface area contributed by atoms with Gasteiger partial charge in [-0.2, -0.15) is 0 Å². The molecule has 0 unspecified atom stereocenters. The predicted octanol–water partition coefficient (Wildman–Crippen LogP) is 2.68. The third-order valence-electron chi connectivity index (χ3n) is 4.05. The van der Waals surface area contributed by atoms with Crippen molar-refractivity contribution in [2.45, 2.75) is 4.90 Å². The average Bonchev–Trinajstić information content (AvgIpc) is 3.21. The lowest BCUT2D eigenvalue weighted by Crippen LogP contribution is -2.18. The summed E-state index contributed by atoms with van der Waals surface area (Å²) in [7, 11) is -4.17. The number of sulfonamides is 1. The van der Waals surface area contributed by atoms with Crippen LogP contribution < -0.4 is 10.0 Å². The molecule has 0 aliphatic rings. The van der Waals surface area contributed by atoms with Crippen LogP contribution in [-0.4, -0.2) is 34.3 Å². The van der Waals surface area contributed by atoms with Crippen molar-refractivity contribution in [3.63, 3.8) is 0 Å². The van der Waals surface area contributed by atoms with Gasteiger partial charge in [0.15, 0.2) is 11.5 Å². The number of nitrogens with zero attached hydrogens (tertiary/aromatic N) is 3. The molecule has 3 aromatic heterocycles. The topological polar surface area (TPSA) is 130 Å². The van der Waals surface area contributed by atoms with E-state index in [2.05, 4.69) is 25.3 Å². The van der Waals surface area contributed by atoms with Crippen LogP contribution in [0.3, 0.4) is 0 Å². The number of rotatable bonds is 5. The first kappa shape index (κ1) is 19.4. The first-order chi connectivity index (χ1) is 14.3. The van der Waals surface area contributed by atoms with E-state index in [1.54, 1.807) is 0 Å². The van der Waals surface area contributed by atoms with Crippen LogP contribution in [0.1, 0.15) is 10.4 Å². The molecule has 0 saturated carbocycles. The molecule has 0 radical (unpaired) electrons. The number of anilines is 2. The number of H-pyrrole nitrogens is 1. The number of aromatic nitrogens is 4. The van der Waals surface area contributed by atoms with Gasteiger partial charge in [0.05, 0.1) is 17.6 Å². The van der Waals surface area contributed by atoms with Crippen LogP contribution in [0.25, 0.3) is 11.2 Å². The fourth-order valence-electron chi connectivity index (χ4n) is 2.59. The van der Waals surface area contributed by atoms with Gasteiger partial charge in [0, 0.05) is 18.6 Å². The van der Waals surface area contributed by atoms with Crippen LogP contribution in [0.15, 0.2) is 60.1 Å². The molecule has 9 nitrogen and oxygen atoms in total. The number of aromatic amines is 1. The second kappa shape index (κ2) is 7.48. The van der Waals surface area contributed by atoms with E-state index in [0.717, 1.165) is 18.3 Å². The summed E-state index contributed by atoms with van der Waals surface area (Å²) < 4.78 is 55.8. The third-order valence-corrected chi connectivity index (χ3v) is 5.40. The van der Waals surface area contributed by atoms with Crippen molar-refractivity contribution < 1.29 is 22.0 Å². The van der Waals surface area contributed by atoms with E-state index in [0.29, 0.717) is 11.2 Å². The molecule has 30 heavy (non-hydrogen) atoms. The maximum absolute atomic E-state index is 14.8. The molecule has 0 spiro atoms. The maximum Gasteiger partial charge on any atom is 0.263 e. The molecule has 4 aromatic rings. The van der Waals surface area contributed by atoms with Crippen LogP contribution in [0.4, 0.5) is 20.2 Å². The number of hydrogen-bond donors (Lipinski definition) is 3. The Morgan fingerprint density at radius 3 is 2.70 bits per heavy atom. The zero-order chi connectivity index (χ0) is 21.3. The Hall–Kier alpha value is -3.93. The normalized spacial score (nSPS) is 11.4. The summed E-state index contributed by atoms with van der Waals surface area (Å²) in [6.07, 6.45) is 5.04. The van der Waals surface area contributed by atoms with E-state index in [9.17, 15) is 22.0 Å². The molecule has 0 aliphatic carbocycles. The molecule has 0 bridgehead atoms. The molecule has 3 heterocycles. The first-order valence-corrected chi connectivity index (χ1v) is 9.85. The van der Waals surface area contributed by atoms with Gasteiger partial charge in [-0.1, -0.05) is 0 Å². The molecule has 12 heteroatoms. The Morgan fingerprint density at radius 2 is 1.93 bits per heavy atom. The Kier molecular flexibility index (Phi) is 4.83. The number of halogens is 2. The molecule has 3 N–H and O–H groups in total. The molecule has 4 rings (SSSR count). The summed E-state index contributed by atoms with van der Waals surface area (Å²) in [5.74, 6) is -3.22. The molecule has 0 fully saturated rings. The van der Waals surface area contributed by atoms with Gasteiger partial charge in [0.25, 0.3) is 15.9 Å². The van der Waals surface area contributed by atoms with Gasteiger partial charge in [-0.3, -0.25) is 14.5 Å². The minimum Gasteiger partial charge on any atom is -0.329 e. The average molecular weight is 430 g/mol. The van der Waals surface area contributed by atoms with Gasteiger partial charge < -0.3 is 10.3 Å². The quantitative estimate of drug-likeness (QED) is 0.446. The van der Waals surface area contributed by atoms with E-state index in [1.807, 2.05) is 4.72 Å². The summed E-state index contributed by atoms with van der Waals surface area (Å²) >= 11 is 0. The third kappa shape index (κ3) is 3.67. The number of carbonyl (C=O) groups is 1. The van der Waals surface area contributed by atoms with Gasteiger partial charge in [0.2, 0.25) is 0 Å². The fourth-order valence-corrected chi connectivity index (χ4v) is 3.61. The molecule has 1 aromatic carbocycles. The van der Waals surface area contributed by atoms with E-state index < -0.39 is 38.9 Å². The molecule has 0 aliphatic heterocycles. The van der Waals surface area contributed by atoms with Gasteiger partial charge in [-0.05, 0) is 30.3 Å². The van der Waals surface area contributed by atoms with Crippen LogP contribution in [-0.2, 0) is 10.0 Å². The van der Waals surface area contributed by atoms with Crippen molar-refractivity contribution in [3.05, 3.63) is 72.4 Å². The van der Waals surface area contributed by atoms with E-state index in [4.69, 9.17) is 0 Å². The smallest absolute Gasteiger partial charge is 0.263 e. The van der Waals surface area contributed by atoms with Gasteiger partial charge >= 0.3 is 0 Å². The van der Waals surface area contributed by atoms with Crippen LogP contribution in [0.2, 0.25) is 0 Å². The number of fused-ring (bicyclic) bond motifs is 1. The van der Waals surface area contributed by atoms with Crippen molar-refractivity contribution in [2.24, 2.45) is 0 Å². The van der Waals surface area contributed by atoms with Crippen molar-refractivity contribution in [1.29, 1.82) is 0 Å². The Labute approximate surface area is 168 Å². The Balaban J connectivity index is 1.63. The number of hydrogen-bond acceptors (Lipinski definition) is 6. The molecule has 1 amide bonds. The highest BCUT2D eigenvalue weighted by Gasteiger charge is 2.22. The lowest BCUT2D eigenvalue weighted by molar-refractivity contribution is 0.102. The van der Waals surface area contributed by atoms with Crippen molar-refractivity contribution in [1.82, 2.24) is 19.9 Å². The number of carbonyl (C=O) groups excluding carboxylic acids is 1. The highest BCUT2D eigenvalue weighted by molar-refractivity contribution is 7.92. The lowest BCUT2D eigenvalue weighted by Gasteiger charge is -2.13. The van der Waals surface area contributed by atoms with Crippen molar-refractivity contribution in [3.8, 4) is 0 Å². The van der Waals surface area contributed by atoms with Crippen LogP contribution >= 0.6 is 0 Å². The highest BCUT2D eigenvalue weighted by atomic mass is 32.2. The van der Waals surface area contributed by atoms with Crippen LogP contribution in [0.5, 0.6) is 0 Å². The SMILES string of the molecule is O=C(Nc1c(F)ccc(NS(=O)(=O)c2cccnc2)c1F)c1cnc2[nH]cnc2c1. The zero-order valence-corrected chi connectivity index (χ0v) is 15.7.